The van der Waals surface area contributed by atoms with Gasteiger partial charge >= 0.3 is 0 Å². The van der Waals surface area contributed by atoms with Gasteiger partial charge < -0.3 is 5.11 Å². The Bertz CT molecular complexity index is 294. The highest BCUT2D eigenvalue weighted by atomic mass is 16.3. The Labute approximate surface area is 97.9 Å². The average molecular weight is 216 g/mol. The van der Waals surface area contributed by atoms with Crippen molar-refractivity contribution in [3.63, 3.8) is 0 Å². The van der Waals surface area contributed by atoms with Gasteiger partial charge in [-0.3, -0.25) is 0 Å². The molecule has 0 saturated carbocycles. The fraction of sp³-hybridized carbons (Fsp3) is 0.467. The van der Waals surface area contributed by atoms with E-state index in [0.29, 0.717) is 0 Å². The second-order valence-corrected chi connectivity index (χ2v) is 4.69. The smallest absolute Gasteiger partial charge is 0.0841 e. The summed E-state index contributed by atoms with van der Waals surface area (Å²) < 4.78 is 0. The molecule has 0 bridgehead atoms. The lowest BCUT2D eigenvalue weighted by atomic mass is 9.75. The zero-order valence-electron chi connectivity index (χ0n) is 9.84. The van der Waals surface area contributed by atoms with Crippen LogP contribution in [0.2, 0.25) is 0 Å². The van der Waals surface area contributed by atoms with Crippen LogP contribution in [0.5, 0.6) is 0 Å². The first-order valence-corrected chi connectivity index (χ1v) is 6.19. The van der Waals surface area contributed by atoms with Gasteiger partial charge in [0.1, 0.15) is 0 Å². The van der Waals surface area contributed by atoms with Gasteiger partial charge in [0.05, 0.1) is 5.60 Å². The number of aliphatic hydroxyl groups is 1. The second-order valence-electron chi connectivity index (χ2n) is 4.69. The summed E-state index contributed by atoms with van der Waals surface area (Å²) in [6.45, 7) is 2.17. The molecule has 1 N–H and O–H groups in total. The van der Waals surface area contributed by atoms with Crippen molar-refractivity contribution >= 4 is 0 Å². The first-order chi connectivity index (χ1) is 7.77. The summed E-state index contributed by atoms with van der Waals surface area (Å²) in [6, 6.07) is 0. The molecule has 0 fully saturated rings. The van der Waals surface area contributed by atoms with Gasteiger partial charge in [0.2, 0.25) is 0 Å². The zero-order chi connectivity index (χ0) is 11.4. The Morgan fingerprint density at radius 3 is 1.75 bits per heavy atom. The minimum atomic E-state index is -0.636. The minimum Gasteiger partial charge on any atom is -0.388 e. The van der Waals surface area contributed by atoms with Gasteiger partial charge in [0.25, 0.3) is 0 Å². The molecule has 0 spiro atoms. The Balaban J connectivity index is 2.17. The fourth-order valence-corrected chi connectivity index (χ4v) is 2.55. The molecule has 0 aromatic carbocycles. The third-order valence-electron chi connectivity index (χ3n) is 3.58. The lowest BCUT2D eigenvalue weighted by Gasteiger charge is -2.36. The molecule has 0 aliphatic heterocycles. The normalized spacial score (nSPS) is 20.4. The summed E-state index contributed by atoms with van der Waals surface area (Å²) in [7, 11) is 0. The highest BCUT2D eigenvalue weighted by Crippen LogP contribution is 2.38. The van der Waals surface area contributed by atoms with Crippen LogP contribution in [-0.2, 0) is 0 Å². The van der Waals surface area contributed by atoms with Crippen LogP contribution in [0.1, 0.15) is 26.2 Å². The van der Waals surface area contributed by atoms with Gasteiger partial charge in [-0.25, -0.2) is 0 Å². The summed E-state index contributed by atoms with van der Waals surface area (Å²) in [6.07, 6.45) is 19.6. The fourth-order valence-electron chi connectivity index (χ4n) is 2.55. The SMILES string of the molecule is CCCCC(O)(C1C=CC=C1)C1C=CC=C1. The number of allylic oxidation sites excluding steroid dienone is 4. The van der Waals surface area contributed by atoms with E-state index >= 15 is 0 Å². The van der Waals surface area contributed by atoms with Crippen molar-refractivity contribution in [2.45, 2.75) is 31.8 Å². The van der Waals surface area contributed by atoms with Crippen molar-refractivity contribution in [1.82, 2.24) is 0 Å². The molecule has 16 heavy (non-hydrogen) atoms. The Kier molecular flexibility index (Phi) is 3.45. The number of unbranched alkanes of at least 4 members (excludes halogenated alkanes) is 1. The van der Waals surface area contributed by atoms with E-state index in [1.807, 2.05) is 24.3 Å². The minimum absolute atomic E-state index is 0.163. The van der Waals surface area contributed by atoms with E-state index in [-0.39, 0.29) is 11.8 Å². The molecular weight excluding hydrogens is 196 g/mol. The summed E-state index contributed by atoms with van der Waals surface area (Å²) in [5, 5.41) is 10.9. The predicted octanol–water partition coefficient (Wildman–Crippen LogP) is 3.39. The van der Waals surface area contributed by atoms with Crippen LogP contribution in [0.3, 0.4) is 0 Å². The lowest BCUT2D eigenvalue weighted by molar-refractivity contribution is -0.0175. The highest BCUT2D eigenvalue weighted by molar-refractivity contribution is 5.29. The monoisotopic (exact) mass is 216 g/mol. The third kappa shape index (κ3) is 2.05. The summed E-state index contributed by atoms with van der Waals surface area (Å²) in [5.74, 6) is 0.327. The molecule has 0 aromatic heterocycles. The molecule has 0 aromatic rings. The summed E-state index contributed by atoms with van der Waals surface area (Å²) in [4.78, 5) is 0. The van der Waals surface area contributed by atoms with Crippen LogP contribution in [0.4, 0.5) is 0 Å². The van der Waals surface area contributed by atoms with Crippen LogP contribution in [0, 0.1) is 11.8 Å². The van der Waals surface area contributed by atoms with E-state index in [0.717, 1.165) is 19.3 Å². The predicted molar refractivity (Wildman–Crippen MR) is 68.0 cm³/mol. The average Bonchev–Trinajstić information content (AvgIpc) is 2.96. The van der Waals surface area contributed by atoms with Crippen molar-refractivity contribution in [3.05, 3.63) is 48.6 Å². The number of rotatable bonds is 5. The molecule has 0 unspecified atom stereocenters. The van der Waals surface area contributed by atoms with E-state index in [1.54, 1.807) is 0 Å². The molecule has 2 aliphatic rings. The zero-order valence-corrected chi connectivity index (χ0v) is 9.84. The standard InChI is InChI=1S/C15H20O/c1-2-3-12-15(16,13-8-4-5-9-13)14-10-6-7-11-14/h4-11,13-14,16H,2-3,12H2,1H3. The first kappa shape index (κ1) is 11.4. The van der Waals surface area contributed by atoms with E-state index in [2.05, 4.69) is 31.2 Å². The first-order valence-electron chi connectivity index (χ1n) is 6.19. The van der Waals surface area contributed by atoms with Crippen molar-refractivity contribution in [2.24, 2.45) is 11.8 Å². The van der Waals surface area contributed by atoms with Crippen LogP contribution in [0.25, 0.3) is 0 Å². The van der Waals surface area contributed by atoms with Crippen LogP contribution in [0.15, 0.2) is 48.6 Å². The van der Waals surface area contributed by atoms with Crippen molar-refractivity contribution in [1.29, 1.82) is 0 Å². The molecule has 0 saturated heterocycles. The maximum atomic E-state index is 10.9. The number of hydrogen-bond acceptors (Lipinski definition) is 1. The molecule has 1 heteroatoms. The van der Waals surface area contributed by atoms with Crippen LogP contribution in [-0.4, -0.2) is 10.7 Å². The second kappa shape index (κ2) is 4.84. The summed E-state index contributed by atoms with van der Waals surface area (Å²) >= 11 is 0. The van der Waals surface area contributed by atoms with Crippen molar-refractivity contribution in [2.75, 3.05) is 0 Å². The van der Waals surface area contributed by atoms with E-state index in [1.165, 1.54) is 0 Å². The molecule has 0 amide bonds. The maximum absolute atomic E-state index is 10.9. The van der Waals surface area contributed by atoms with Gasteiger partial charge in [-0.15, -0.1) is 0 Å². The molecule has 0 atom stereocenters. The third-order valence-corrected chi connectivity index (χ3v) is 3.58. The largest absolute Gasteiger partial charge is 0.388 e. The molecule has 86 valence electrons. The van der Waals surface area contributed by atoms with Crippen molar-refractivity contribution in [3.8, 4) is 0 Å². The molecular formula is C15H20O. The molecule has 2 rings (SSSR count). The van der Waals surface area contributed by atoms with Gasteiger partial charge in [-0.1, -0.05) is 68.4 Å². The Hall–Kier alpha value is -1.08. The van der Waals surface area contributed by atoms with E-state index in [9.17, 15) is 5.11 Å². The Morgan fingerprint density at radius 1 is 0.938 bits per heavy atom. The van der Waals surface area contributed by atoms with Crippen LogP contribution >= 0.6 is 0 Å². The lowest BCUT2D eigenvalue weighted by Crippen LogP contribution is -2.41. The quantitative estimate of drug-likeness (QED) is 0.747. The molecule has 2 aliphatic carbocycles. The van der Waals surface area contributed by atoms with Gasteiger partial charge in [-0.05, 0) is 6.42 Å². The van der Waals surface area contributed by atoms with Gasteiger partial charge in [-0.2, -0.15) is 0 Å². The topological polar surface area (TPSA) is 20.2 Å². The van der Waals surface area contributed by atoms with Crippen LogP contribution < -0.4 is 0 Å². The highest BCUT2D eigenvalue weighted by Gasteiger charge is 2.39. The molecule has 0 heterocycles. The maximum Gasteiger partial charge on any atom is 0.0841 e. The number of hydrogen-bond donors (Lipinski definition) is 1. The Morgan fingerprint density at radius 2 is 1.38 bits per heavy atom. The molecule has 1 nitrogen and oxygen atoms in total. The van der Waals surface area contributed by atoms with Crippen molar-refractivity contribution < 1.29 is 5.11 Å². The summed E-state index contributed by atoms with van der Waals surface area (Å²) in [5.41, 5.74) is -0.636. The molecule has 0 radical (unpaired) electrons. The van der Waals surface area contributed by atoms with Gasteiger partial charge in [0, 0.05) is 11.8 Å². The van der Waals surface area contributed by atoms with E-state index in [4.69, 9.17) is 0 Å². The van der Waals surface area contributed by atoms with Gasteiger partial charge in [0.15, 0.2) is 0 Å². The van der Waals surface area contributed by atoms with E-state index < -0.39 is 5.60 Å².